The molecule has 2 heterocycles. The highest BCUT2D eigenvalue weighted by Crippen LogP contribution is 2.40. The molecule has 2 unspecified atom stereocenters. The first-order valence-electron chi connectivity index (χ1n) is 6.73. The molecule has 20 heavy (non-hydrogen) atoms. The van der Waals surface area contributed by atoms with Gasteiger partial charge < -0.3 is 15.7 Å². The molecule has 0 radical (unpaired) electrons. The van der Waals surface area contributed by atoms with E-state index in [0.717, 1.165) is 12.8 Å². The fourth-order valence-electron chi connectivity index (χ4n) is 3.47. The second-order valence-corrected chi connectivity index (χ2v) is 5.98. The van der Waals surface area contributed by atoms with Gasteiger partial charge in [-0.05, 0) is 37.8 Å². The molecule has 0 amide bonds. The Hall–Kier alpha value is -1.27. The normalized spacial score (nSPS) is 28.8. The Kier molecular flexibility index (Phi) is 3.38. The van der Waals surface area contributed by atoms with Crippen molar-refractivity contribution in [2.45, 2.75) is 43.9 Å². The number of hydrogen-bond donors (Lipinski definition) is 2. The van der Waals surface area contributed by atoms with E-state index < -0.39 is 11.6 Å². The van der Waals surface area contributed by atoms with E-state index in [2.05, 4.69) is 0 Å². The van der Waals surface area contributed by atoms with E-state index in [4.69, 9.17) is 18.0 Å². The molecule has 2 fully saturated rings. The summed E-state index contributed by atoms with van der Waals surface area (Å²) in [5.41, 5.74) is 5.56. The Balaban J connectivity index is 2.00. The summed E-state index contributed by atoms with van der Waals surface area (Å²) in [6, 6.07) is 3.12. The second kappa shape index (κ2) is 4.93. The molecule has 108 valence electrons. The molecule has 2 aliphatic heterocycles. The van der Waals surface area contributed by atoms with Crippen LogP contribution in [-0.2, 0) is 0 Å². The van der Waals surface area contributed by atoms with Crippen LogP contribution in [-0.4, -0.2) is 28.3 Å². The van der Waals surface area contributed by atoms with Crippen LogP contribution in [0.25, 0.3) is 0 Å². The highest BCUT2D eigenvalue weighted by molar-refractivity contribution is 7.80. The summed E-state index contributed by atoms with van der Waals surface area (Å²) in [4.78, 5) is 1.76. The van der Waals surface area contributed by atoms with Gasteiger partial charge in [-0.2, -0.15) is 0 Å². The first-order valence-corrected chi connectivity index (χ1v) is 7.14. The van der Waals surface area contributed by atoms with Gasteiger partial charge in [0.25, 0.3) is 0 Å². The van der Waals surface area contributed by atoms with Crippen LogP contribution in [0.4, 0.5) is 14.5 Å². The number of aliphatic hydroxyl groups excluding tert-OH is 1. The van der Waals surface area contributed by atoms with Crippen molar-refractivity contribution in [3.8, 4) is 0 Å². The van der Waals surface area contributed by atoms with E-state index in [1.165, 1.54) is 12.1 Å². The maximum absolute atomic E-state index is 14.3. The van der Waals surface area contributed by atoms with Gasteiger partial charge in [-0.15, -0.1) is 0 Å². The molecular weight excluding hydrogens is 282 g/mol. The molecule has 3 nitrogen and oxygen atoms in total. The van der Waals surface area contributed by atoms with E-state index in [9.17, 15) is 13.9 Å². The minimum Gasteiger partial charge on any atom is -0.393 e. The molecule has 0 spiro atoms. The van der Waals surface area contributed by atoms with Gasteiger partial charge in [-0.3, -0.25) is 0 Å². The van der Waals surface area contributed by atoms with Crippen molar-refractivity contribution >= 4 is 22.9 Å². The number of aliphatic hydroxyl groups is 1. The van der Waals surface area contributed by atoms with Crippen LogP contribution < -0.4 is 10.6 Å². The summed E-state index contributed by atoms with van der Waals surface area (Å²) in [5.74, 6) is -1.89. The maximum atomic E-state index is 14.3. The topological polar surface area (TPSA) is 49.5 Å². The van der Waals surface area contributed by atoms with E-state index in [-0.39, 0.29) is 34.4 Å². The Morgan fingerprint density at radius 1 is 1.20 bits per heavy atom. The zero-order chi connectivity index (χ0) is 14.4. The molecule has 2 saturated heterocycles. The average Bonchev–Trinajstić information content (AvgIpc) is 2.65. The molecule has 3 rings (SSSR count). The molecule has 0 aliphatic carbocycles. The largest absolute Gasteiger partial charge is 0.393 e. The van der Waals surface area contributed by atoms with Crippen LogP contribution in [0.5, 0.6) is 0 Å². The lowest BCUT2D eigenvalue weighted by Crippen LogP contribution is -2.45. The minimum absolute atomic E-state index is 0.0642. The van der Waals surface area contributed by atoms with Gasteiger partial charge >= 0.3 is 0 Å². The zero-order valence-electron chi connectivity index (χ0n) is 10.9. The smallest absolute Gasteiger partial charge is 0.182 e. The Morgan fingerprint density at radius 2 is 1.80 bits per heavy atom. The van der Waals surface area contributed by atoms with Crippen molar-refractivity contribution in [2.75, 3.05) is 4.90 Å². The van der Waals surface area contributed by atoms with Gasteiger partial charge in [0.1, 0.15) is 4.99 Å². The molecule has 1 aromatic rings. The Bertz CT molecular complexity index is 552. The van der Waals surface area contributed by atoms with Crippen LogP contribution in [0.3, 0.4) is 0 Å². The van der Waals surface area contributed by atoms with Crippen LogP contribution in [0.2, 0.25) is 0 Å². The minimum atomic E-state index is -0.986. The monoisotopic (exact) mass is 298 g/mol. The van der Waals surface area contributed by atoms with Crippen LogP contribution in [0, 0.1) is 11.6 Å². The lowest BCUT2D eigenvalue weighted by atomic mass is 9.98. The Labute approximate surface area is 121 Å². The fraction of sp³-hybridized carbons (Fsp3) is 0.500. The molecule has 2 atom stereocenters. The molecule has 2 bridgehead atoms. The molecule has 6 heteroatoms. The fourth-order valence-corrected chi connectivity index (χ4v) is 3.63. The van der Waals surface area contributed by atoms with Gasteiger partial charge in [0.2, 0.25) is 0 Å². The SMILES string of the molecule is NC(=S)c1ccc(N2C3CCC2CC(O)C3)c(F)c1F. The van der Waals surface area contributed by atoms with Gasteiger partial charge in [-0.25, -0.2) is 8.78 Å². The number of halogens is 2. The number of nitrogens with two attached hydrogens (primary N) is 1. The van der Waals surface area contributed by atoms with E-state index >= 15 is 0 Å². The maximum Gasteiger partial charge on any atom is 0.182 e. The highest BCUT2D eigenvalue weighted by atomic mass is 32.1. The second-order valence-electron chi connectivity index (χ2n) is 5.54. The predicted molar refractivity (Wildman–Crippen MR) is 76.8 cm³/mol. The molecule has 0 saturated carbocycles. The summed E-state index contributed by atoms with van der Waals surface area (Å²) >= 11 is 4.71. The highest BCUT2D eigenvalue weighted by Gasteiger charge is 2.41. The van der Waals surface area contributed by atoms with Crippen LogP contribution in [0.1, 0.15) is 31.2 Å². The number of thiocarbonyl (C=S) groups is 1. The van der Waals surface area contributed by atoms with Crippen molar-refractivity contribution in [3.05, 3.63) is 29.3 Å². The summed E-state index contributed by atoms with van der Waals surface area (Å²) in [5, 5.41) is 9.77. The number of piperidine rings is 1. The van der Waals surface area contributed by atoms with E-state index in [1.54, 1.807) is 0 Å². The average molecular weight is 298 g/mol. The number of hydrogen-bond acceptors (Lipinski definition) is 3. The molecule has 2 aliphatic rings. The molecule has 1 aromatic carbocycles. The van der Waals surface area contributed by atoms with Crippen LogP contribution in [0.15, 0.2) is 12.1 Å². The molecule has 0 aromatic heterocycles. The summed E-state index contributed by atoms with van der Waals surface area (Å²) in [6.45, 7) is 0. The van der Waals surface area contributed by atoms with Crippen molar-refractivity contribution in [1.82, 2.24) is 0 Å². The molecule has 3 N–H and O–H groups in total. The van der Waals surface area contributed by atoms with Crippen molar-refractivity contribution in [3.63, 3.8) is 0 Å². The number of rotatable bonds is 2. The Morgan fingerprint density at radius 3 is 2.35 bits per heavy atom. The third-order valence-corrected chi connectivity index (χ3v) is 4.53. The molecular formula is C14H16F2N2OS. The first kappa shape index (κ1) is 13.7. The van der Waals surface area contributed by atoms with Crippen molar-refractivity contribution in [1.29, 1.82) is 0 Å². The van der Waals surface area contributed by atoms with Crippen molar-refractivity contribution < 1.29 is 13.9 Å². The number of nitrogens with zero attached hydrogens (tertiary/aromatic N) is 1. The lowest BCUT2D eigenvalue weighted by Gasteiger charge is -2.39. The first-order chi connectivity index (χ1) is 9.49. The number of fused-ring (bicyclic) bond motifs is 2. The van der Waals surface area contributed by atoms with Crippen molar-refractivity contribution in [2.24, 2.45) is 5.73 Å². The lowest BCUT2D eigenvalue weighted by molar-refractivity contribution is 0.126. The van der Waals surface area contributed by atoms with Gasteiger partial charge in [0, 0.05) is 17.6 Å². The quantitative estimate of drug-likeness (QED) is 0.821. The van der Waals surface area contributed by atoms with E-state index in [0.29, 0.717) is 12.8 Å². The third-order valence-electron chi connectivity index (χ3n) is 4.31. The summed E-state index contributed by atoms with van der Waals surface area (Å²) in [7, 11) is 0. The summed E-state index contributed by atoms with van der Waals surface area (Å²) < 4.78 is 28.3. The number of anilines is 1. The van der Waals surface area contributed by atoms with Gasteiger partial charge in [-0.1, -0.05) is 12.2 Å². The van der Waals surface area contributed by atoms with Gasteiger partial charge in [0.05, 0.1) is 11.8 Å². The standard InChI is InChI=1S/C14H16F2N2OS/c15-12-10(14(17)20)3-4-11(13(12)16)18-7-1-2-8(18)6-9(19)5-7/h3-4,7-9,19H,1-2,5-6H2,(H2,17,20). The number of benzene rings is 1. The zero-order valence-corrected chi connectivity index (χ0v) is 11.7. The van der Waals surface area contributed by atoms with Crippen LogP contribution >= 0.6 is 12.2 Å². The van der Waals surface area contributed by atoms with E-state index in [1.807, 2.05) is 4.90 Å². The summed E-state index contributed by atoms with van der Waals surface area (Å²) in [6.07, 6.45) is 2.68. The van der Waals surface area contributed by atoms with Gasteiger partial charge in [0.15, 0.2) is 11.6 Å². The predicted octanol–water partition coefficient (Wildman–Crippen LogP) is 2.09. The third kappa shape index (κ3) is 2.07.